The second-order valence-corrected chi connectivity index (χ2v) is 5.10. The maximum Gasteiger partial charge on any atom is 0.166 e. The molecule has 3 nitrogen and oxygen atoms in total. The lowest BCUT2D eigenvalue weighted by Crippen LogP contribution is -2.39. The lowest BCUT2D eigenvalue weighted by molar-refractivity contribution is 0.145. The Morgan fingerprint density at radius 3 is 2.71 bits per heavy atom. The van der Waals surface area contributed by atoms with Crippen molar-refractivity contribution in [1.29, 1.82) is 0 Å². The Morgan fingerprint density at radius 1 is 1.24 bits per heavy atom. The van der Waals surface area contributed by atoms with Crippen molar-refractivity contribution in [3.05, 3.63) is 0 Å². The number of hydrogen-bond acceptors (Lipinski definition) is 2. The molecule has 0 aromatic rings. The highest BCUT2D eigenvalue weighted by Gasteiger charge is 2.12. The van der Waals surface area contributed by atoms with Crippen LogP contribution in [0.4, 0.5) is 0 Å². The molecular weight excluding hydrogens is 232 g/mol. The molecule has 1 rings (SSSR count). The van der Waals surface area contributed by atoms with Gasteiger partial charge in [0.15, 0.2) is 5.11 Å². The van der Waals surface area contributed by atoms with Crippen LogP contribution in [-0.4, -0.2) is 31.4 Å². The largest absolute Gasteiger partial charge is 0.382 e. The highest BCUT2D eigenvalue weighted by molar-refractivity contribution is 7.80. The van der Waals surface area contributed by atoms with Crippen molar-refractivity contribution >= 4 is 17.3 Å². The van der Waals surface area contributed by atoms with Gasteiger partial charge in [-0.1, -0.05) is 19.3 Å². The summed E-state index contributed by atoms with van der Waals surface area (Å²) in [7, 11) is 0. The molecule has 0 heterocycles. The second kappa shape index (κ2) is 9.66. The van der Waals surface area contributed by atoms with Crippen molar-refractivity contribution in [2.24, 2.45) is 5.92 Å². The zero-order valence-electron chi connectivity index (χ0n) is 11.0. The van der Waals surface area contributed by atoms with Crippen LogP contribution in [0.1, 0.15) is 45.4 Å². The summed E-state index contributed by atoms with van der Waals surface area (Å²) in [6, 6.07) is 0. The predicted octanol–water partition coefficient (Wildman–Crippen LogP) is 2.46. The van der Waals surface area contributed by atoms with Crippen LogP contribution in [-0.2, 0) is 4.74 Å². The van der Waals surface area contributed by atoms with E-state index in [0.717, 1.165) is 43.8 Å². The topological polar surface area (TPSA) is 33.3 Å². The van der Waals surface area contributed by atoms with Gasteiger partial charge in [-0.25, -0.2) is 0 Å². The van der Waals surface area contributed by atoms with E-state index in [0.29, 0.717) is 0 Å². The van der Waals surface area contributed by atoms with Gasteiger partial charge in [-0.05, 0) is 44.3 Å². The quantitative estimate of drug-likeness (QED) is 0.543. The molecule has 0 atom stereocenters. The molecule has 2 N–H and O–H groups in total. The molecule has 17 heavy (non-hydrogen) atoms. The van der Waals surface area contributed by atoms with Gasteiger partial charge < -0.3 is 15.4 Å². The standard InChI is InChI=1S/C13H26N2OS/c1-2-16-10-6-9-14-13(17)15-11-12-7-4-3-5-8-12/h12H,2-11H2,1H3,(H2,14,15,17). The number of thiocarbonyl (C=S) groups is 1. The van der Waals surface area contributed by atoms with E-state index in [1.165, 1.54) is 32.1 Å². The Morgan fingerprint density at radius 2 is 2.00 bits per heavy atom. The Kier molecular flexibility index (Phi) is 8.36. The molecule has 1 saturated carbocycles. The first kappa shape index (κ1) is 14.7. The molecule has 1 aliphatic carbocycles. The summed E-state index contributed by atoms with van der Waals surface area (Å²) in [6.07, 6.45) is 7.93. The first-order valence-corrected chi connectivity index (χ1v) is 7.33. The van der Waals surface area contributed by atoms with Gasteiger partial charge in [-0.2, -0.15) is 0 Å². The summed E-state index contributed by atoms with van der Waals surface area (Å²) in [5.41, 5.74) is 0. The minimum absolute atomic E-state index is 0.796. The summed E-state index contributed by atoms with van der Waals surface area (Å²) in [4.78, 5) is 0. The Bertz CT molecular complexity index is 206. The van der Waals surface area contributed by atoms with Crippen molar-refractivity contribution in [3.63, 3.8) is 0 Å². The van der Waals surface area contributed by atoms with Crippen LogP contribution in [0.5, 0.6) is 0 Å². The maximum atomic E-state index is 5.27. The third-order valence-electron chi connectivity index (χ3n) is 3.23. The third kappa shape index (κ3) is 7.55. The van der Waals surface area contributed by atoms with Crippen molar-refractivity contribution in [1.82, 2.24) is 10.6 Å². The summed E-state index contributed by atoms with van der Waals surface area (Å²) >= 11 is 5.24. The van der Waals surface area contributed by atoms with Crippen LogP contribution < -0.4 is 10.6 Å². The van der Waals surface area contributed by atoms with Crippen LogP contribution in [0.15, 0.2) is 0 Å². The molecule has 0 spiro atoms. The molecular formula is C13H26N2OS. The van der Waals surface area contributed by atoms with Gasteiger partial charge in [-0.3, -0.25) is 0 Å². The van der Waals surface area contributed by atoms with Gasteiger partial charge in [0.05, 0.1) is 0 Å². The van der Waals surface area contributed by atoms with Crippen LogP contribution in [0.25, 0.3) is 0 Å². The normalized spacial score (nSPS) is 16.8. The lowest BCUT2D eigenvalue weighted by atomic mass is 9.89. The molecule has 0 radical (unpaired) electrons. The number of hydrogen-bond donors (Lipinski definition) is 2. The average molecular weight is 258 g/mol. The van der Waals surface area contributed by atoms with Gasteiger partial charge in [0.2, 0.25) is 0 Å². The highest BCUT2D eigenvalue weighted by Crippen LogP contribution is 2.22. The van der Waals surface area contributed by atoms with E-state index in [4.69, 9.17) is 17.0 Å². The molecule has 4 heteroatoms. The fourth-order valence-electron chi connectivity index (χ4n) is 2.21. The molecule has 0 aliphatic heterocycles. The molecule has 1 aliphatic rings. The van der Waals surface area contributed by atoms with E-state index in [-0.39, 0.29) is 0 Å². The molecule has 0 bridgehead atoms. The number of nitrogens with one attached hydrogen (secondary N) is 2. The number of ether oxygens (including phenoxy) is 1. The highest BCUT2D eigenvalue weighted by atomic mass is 32.1. The SMILES string of the molecule is CCOCCCNC(=S)NCC1CCCCC1. The zero-order valence-corrected chi connectivity index (χ0v) is 11.8. The van der Waals surface area contributed by atoms with E-state index < -0.39 is 0 Å². The average Bonchev–Trinajstić information content (AvgIpc) is 2.37. The van der Waals surface area contributed by atoms with Crippen LogP contribution in [0.3, 0.4) is 0 Å². The van der Waals surface area contributed by atoms with Gasteiger partial charge in [0.1, 0.15) is 0 Å². The molecule has 0 saturated heterocycles. The Hall–Kier alpha value is -0.350. The molecule has 100 valence electrons. The summed E-state index contributed by atoms with van der Waals surface area (Å²) < 4.78 is 5.27. The second-order valence-electron chi connectivity index (χ2n) is 4.69. The van der Waals surface area contributed by atoms with Crippen LogP contribution in [0, 0.1) is 5.92 Å². The van der Waals surface area contributed by atoms with E-state index in [1.807, 2.05) is 6.92 Å². The third-order valence-corrected chi connectivity index (χ3v) is 3.52. The maximum absolute atomic E-state index is 5.27. The smallest absolute Gasteiger partial charge is 0.166 e. The first-order chi connectivity index (χ1) is 8.33. The lowest BCUT2D eigenvalue weighted by Gasteiger charge is -2.22. The Labute approximate surface area is 111 Å². The van der Waals surface area contributed by atoms with E-state index >= 15 is 0 Å². The molecule has 0 amide bonds. The Balaban J connectivity index is 1.93. The van der Waals surface area contributed by atoms with Gasteiger partial charge in [0, 0.05) is 26.3 Å². The van der Waals surface area contributed by atoms with E-state index in [9.17, 15) is 0 Å². The van der Waals surface area contributed by atoms with Gasteiger partial charge in [0.25, 0.3) is 0 Å². The molecule has 1 fully saturated rings. The fourth-order valence-corrected chi connectivity index (χ4v) is 2.40. The van der Waals surface area contributed by atoms with Crippen molar-refractivity contribution in [2.75, 3.05) is 26.3 Å². The fraction of sp³-hybridized carbons (Fsp3) is 0.923. The zero-order chi connectivity index (χ0) is 12.3. The predicted molar refractivity (Wildman–Crippen MR) is 76.3 cm³/mol. The monoisotopic (exact) mass is 258 g/mol. The van der Waals surface area contributed by atoms with Crippen molar-refractivity contribution < 1.29 is 4.74 Å². The molecule has 0 unspecified atom stereocenters. The van der Waals surface area contributed by atoms with Crippen LogP contribution >= 0.6 is 12.2 Å². The van der Waals surface area contributed by atoms with E-state index in [2.05, 4.69) is 10.6 Å². The van der Waals surface area contributed by atoms with Gasteiger partial charge in [-0.15, -0.1) is 0 Å². The summed E-state index contributed by atoms with van der Waals surface area (Å²) in [6.45, 7) is 5.57. The minimum atomic E-state index is 0.796. The van der Waals surface area contributed by atoms with Crippen molar-refractivity contribution in [2.45, 2.75) is 45.4 Å². The molecule has 0 aromatic carbocycles. The van der Waals surface area contributed by atoms with Gasteiger partial charge >= 0.3 is 0 Å². The summed E-state index contributed by atoms with van der Waals surface area (Å²) in [5, 5.41) is 7.34. The molecule has 0 aromatic heterocycles. The first-order valence-electron chi connectivity index (χ1n) is 6.92. The van der Waals surface area contributed by atoms with E-state index in [1.54, 1.807) is 0 Å². The number of rotatable bonds is 7. The van der Waals surface area contributed by atoms with Crippen LogP contribution in [0.2, 0.25) is 0 Å². The van der Waals surface area contributed by atoms with Crippen molar-refractivity contribution in [3.8, 4) is 0 Å². The minimum Gasteiger partial charge on any atom is -0.382 e. The summed E-state index contributed by atoms with van der Waals surface area (Å²) in [5.74, 6) is 0.826.